The maximum atomic E-state index is 10.8. The quantitative estimate of drug-likeness (QED) is 0.614. The first-order valence-corrected chi connectivity index (χ1v) is 3.89. The fourth-order valence-corrected chi connectivity index (χ4v) is 0.886. The molecule has 0 fully saturated rings. The van der Waals surface area contributed by atoms with E-state index in [0.717, 1.165) is 5.75 Å². The predicted octanol–water partition coefficient (Wildman–Crippen LogP) is 1.03. The summed E-state index contributed by atoms with van der Waals surface area (Å²) in [5, 5.41) is 0. The Morgan fingerprint density at radius 3 is 2.50 bits per heavy atom. The molecule has 12 heavy (non-hydrogen) atoms. The minimum atomic E-state index is -0.00181. The molecule has 0 N–H and O–H groups in total. The lowest BCUT2D eigenvalue weighted by molar-refractivity contribution is -0.572. The van der Waals surface area contributed by atoms with Crippen molar-refractivity contribution < 1.29 is 14.1 Å². The Morgan fingerprint density at radius 2 is 2.08 bits per heavy atom. The smallest absolute Gasteiger partial charge is 0.389 e. The maximum absolute atomic E-state index is 10.8. The summed E-state index contributed by atoms with van der Waals surface area (Å²) >= 11 is 0. The van der Waals surface area contributed by atoms with Gasteiger partial charge in [-0.1, -0.05) is 0 Å². The number of aromatic nitrogens is 1. The first-order valence-electron chi connectivity index (χ1n) is 3.89. The lowest BCUT2D eigenvalue weighted by Gasteiger charge is -1.99. The predicted molar refractivity (Wildman–Crippen MR) is 44.1 cm³/mol. The highest BCUT2D eigenvalue weighted by atomic mass is 16.5. The van der Waals surface area contributed by atoms with Crippen LogP contribution in [0.5, 0.6) is 5.75 Å². The van der Waals surface area contributed by atoms with Gasteiger partial charge in [0.25, 0.3) is 0 Å². The second kappa shape index (κ2) is 3.85. The molecule has 0 atom stereocenters. The van der Waals surface area contributed by atoms with Gasteiger partial charge in [-0.05, 0) is 6.92 Å². The van der Waals surface area contributed by atoms with Crippen LogP contribution in [0, 0.1) is 0 Å². The Balaban J connectivity index is 2.78. The van der Waals surface area contributed by atoms with Crippen LogP contribution in [0.25, 0.3) is 0 Å². The number of nitrogens with zero attached hydrogens (tertiary/aromatic N) is 1. The van der Waals surface area contributed by atoms with Gasteiger partial charge in [0, 0.05) is 12.1 Å². The van der Waals surface area contributed by atoms with E-state index in [1.807, 2.05) is 6.92 Å². The van der Waals surface area contributed by atoms with Gasteiger partial charge in [-0.3, -0.25) is 0 Å². The number of carbonyl (C=O) groups is 1. The molecule has 0 aromatic carbocycles. The molecular formula is C9H12NO2+. The van der Waals surface area contributed by atoms with Crippen molar-refractivity contribution in [3.63, 3.8) is 0 Å². The molecule has 0 aliphatic heterocycles. The van der Waals surface area contributed by atoms with Crippen LogP contribution < -0.4 is 9.30 Å². The van der Waals surface area contributed by atoms with Gasteiger partial charge in [-0.15, -0.1) is 4.57 Å². The van der Waals surface area contributed by atoms with Crippen LogP contribution in [-0.4, -0.2) is 12.5 Å². The standard InChI is InChI=1S/C9H12NO2/c1-3-12-9-4-6-10(7-5-9)8(2)11/h4-7H,3H2,1-2H3/q+1. The van der Waals surface area contributed by atoms with Gasteiger partial charge in [0.1, 0.15) is 5.75 Å². The van der Waals surface area contributed by atoms with Crippen molar-refractivity contribution in [3.05, 3.63) is 24.5 Å². The van der Waals surface area contributed by atoms with Crippen LogP contribution >= 0.6 is 0 Å². The second-order valence-electron chi connectivity index (χ2n) is 2.39. The van der Waals surface area contributed by atoms with E-state index in [0.29, 0.717) is 6.61 Å². The number of hydrogen-bond acceptors (Lipinski definition) is 2. The van der Waals surface area contributed by atoms with Crippen LogP contribution in [0.1, 0.15) is 18.6 Å². The molecule has 0 amide bonds. The van der Waals surface area contributed by atoms with E-state index >= 15 is 0 Å². The third-order valence-electron chi connectivity index (χ3n) is 1.47. The monoisotopic (exact) mass is 166 g/mol. The molecule has 3 nitrogen and oxygen atoms in total. The zero-order valence-corrected chi connectivity index (χ0v) is 7.28. The first-order chi connectivity index (χ1) is 5.74. The summed E-state index contributed by atoms with van der Waals surface area (Å²) < 4.78 is 6.72. The summed E-state index contributed by atoms with van der Waals surface area (Å²) in [6, 6.07) is 3.54. The molecule has 0 radical (unpaired) electrons. The number of pyridine rings is 1. The highest BCUT2D eigenvalue weighted by Crippen LogP contribution is 2.04. The minimum absolute atomic E-state index is 0.00181. The van der Waals surface area contributed by atoms with Crippen molar-refractivity contribution in [3.8, 4) is 5.75 Å². The van der Waals surface area contributed by atoms with Gasteiger partial charge < -0.3 is 4.74 Å². The van der Waals surface area contributed by atoms with E-state index in [1.54, 1.807) is 24.5 Å². The van der Waals surface area contributed by atoms with E-state index in [2.05, 4.69) is 0 Å². The molecule has 3 heteroatoms. The van der Waals surface area contributed by atoms with Crippen molar-refractivity contribution >= 4 is 5.91 Å². The lowest BCUT2D eigenvalue weighted by atomic mass is 10.4. The van der Waals surface area contributed by atoms with Gasteiger partial charge >= 0.3 is 5.91 Å². The Hall–Kier alpha value is -1.38. The number of hydrogen-bond donors (Lipinski definition) is 0. The van der Waals surface area contributed by atoms with Crippen LogP contribution in [0.4, 0.5) is 0 Å². The van der Waals surface area contributed by atoms with Gasteiger partial charge in [0.2, 0.25) is 0 Å². The largest absolute Gasteiger partial charge is 0.493 e. The minimum Gasteiger partial charge on any atom is -0.493 e. The van der Waals surface area contributed by atoms with Gasteiger partial charge in [0.05, 0.1) is 13.5 Å². The molecule has 0 bridgehead atoms. The van der Waals surface area contributed by atoms with Gasteiger partial charge in [0.15, 0.2) is 12.4 Å². The van der Waals surface area contributed by atoms with Gasteiger partial charge in [-0.2, -0.15) is 0 Å². The Labute approximate surface area is 71.6 Å². The number of rotatable bonds is 2. The summed E-state index contributed by atoms with van der Waals surface area (Å²) in [4.78, 5) is 10.8. The molecule has 0 aliphatic rings. The van der Waals surface area contributed by atoms with E-state index in [9.17, 15) is 4.79 Å². The maximum Gasteiger partial charge on any atom is 0.389 e. The summed E-state index contributed by atoms with van der Waals surface area (Å²) in [6.07, 6.45) is 3.38. The van der Waals surface area contributed by atoms with Crippen LogP contribution in [0.2, 0.25) is 0 Å². The summed E-state index contributed by atoms with van der Waals surface area (Å²) in [5.41, 5.74) is 0. The molecule has 0 unspecified atom stereocenters. The average molecular weight is 166 g/mol. The molecule has 1 aromatic heterocycles. The molecule has 1 aromatic rings. The Bertz CT molecular complexity index is 266. The molecule has 0 spiro atoms. The highest BCUT2D eigenvalue weighted by Gasteiger charge is 2.05. The first kappa shape index (κ1) is 8.71. The lowest BCUT2D eigenvalue weighted by Crippen LogP contribution is -2.38. The Kier molecular flexibility index (Phi) is 2.80. The Morgan fingerprint density at radius 1 is 1.50 bits per heavy atom. The molecule has 0 aliphatic carbocycles. The number of carbonyl (C=O) groups excluding carboxylic acids is 1. The summed E-state index contributed by atoms with van der Waals surface area (Å²) in [5.74, 6) is 0.785. The third kappa shape index (κ3) is 2.05. The van der Waals surface area contributed by atoms with E-state index in [1.165, 1.54) is 11.5 Å². The van der Waals surface area contributed by atoms with Crippen molar-refractivity contribution in [2.75, 3.05) is 6.61 Å². The van der Waals surface area contributed by atoms with E-state index in [-0.39, 0.29) is 5.91 Å². The number of ether oxygens (including phenoxy) is 1. The SMILES string of the molecule is CCOc1cc[n+](C(C)=O)cc1. The molecular weight excluding hydrogens is 154 g/mol. The topological polar surface area (TPSA) is 30.2 Å². The fraction of sp³-hybridized carbons (Fsp3) is 0.333. The highest BCUT2D eigenvalue weighted by molar-refractivity contribution is 5.63. The van der Waals surface area contributed by atoms with E-state index in [4.69, 9.17) is 4.74 Å². The van der Waals surface area contributed by atoms with Crippen molar-refractivity contribution in [1.29, 1.82) is 0 Å². The van der Waals surface area contributed by atoms with Crippen LogP contribution in [0.3, 0.4) is 0 Å². The molecule has 64 valence electrons. The molecule has 1 heterocycles. The second-order valence-corrected chi connectivity index (χ2v) is 2.39. The van der Waals surface area contributed by atoms with Crippen LogP contribution in [0.15, 0.2) is 24.5 Å². The average Bonchev–Trinajstić information content (AvgIpc) is 2.06. The molecule has 0 saturated carbocycles. The van der Waals surface area contributed by atoms with Crippen molar-refractivity contribution in [1.82, 2.24) is 0 Å². The van der Waals surface area contributed by atoms with Crippen molar-refractivity contribution in [2.24, 2.45) is 0 Å². The zero-order chi connectivity index (χ0) is 8.97. The summed E-state index contributed by atoms with van der Waals surface area (Å²) in [7, 11) is 0. The van der Waals surface area contributed by atoms with Gasteiger partial charge in [-0.25, -0.2) is 4.79 Å². The molecule has 1 rings (SSSR count). The zero-order valence-electron chi connectivity index (χ0n) is 7.28. The van der Waals surface area contributed by atoms with Crippen LogP contribution in [-0.2, 0) is 0 Å². The summed E-state index contributed by atoms with van der Waals surface area (Å²) in [6.45, 7) is 4.08. The normalized spacial score (nSPS) is 9.50. The van der Waals surface area contributed by atoms with E-state index < -0.39 is 0 Å². The third-order valence-corrected chi connectivity index (χ3v) is 1.47. The molecule has 0 saturated heterocycles. The van der Waals surface area contributed by atoms with Crippen molar-refractivity contribution in [2.45, 2.75) is 13.8 Å². The fourth-order valence-electron chi connectivity index (χ4n) is 0.886.